The summed E-state index contributed by atoms with van der Waals surface area (Å²) in [4.78, 5) is 3.94. The minimum Gasteiger partial charge on any atom is -0.284 e. The first-order valence-corrected chi connectivity index (χ1v) is 9.82. The lowest BCUT2D eigenvalue weighted by Gasteiger charge is -2.42. The van der Waals surface area contributed by atoms with Gasteiger partial charge in [0, 0.05) is 6.54 Å². The van der Waals surface area contributed by atoms with Crippen LogP contribution in [0.5, 0.6) is 0 Å². The average molecular weight is 585 g/mol. The molecule has 0 aliphatic carbocycles. The van der Waals surface area contributed by atoms with Gasteiger partial charge in [0.25, 0.3) is 0 Å². The predicted molar refractivity (Wildman–Crippen MR) is 78.2 cm³/mol. The molecule has 0 saturated carbocycles. The van der Waals surface area contributed by atoms with Crippen LogP contribution in [0.15, 0.2) is 0 Å². The molecule has 0 rings (SSSR count). The summed E-state index contributed by atoms with van der Waals surface area (Å²) in [7, 11) is -7.40. The maximum Gasteiger partial charge on any atom is 0.460 e. The number of nitrogens with zero attached hydrogens (tertiary/aromatic N) is 1. The Hall–Kier alpha value is -1.32. The lowest BCUT2D eigenvalue weighted by molar-refractivity contribution is -0.458. The van der Waals surface area contributed by atoms with E-state index in [2.05, 4.69) is 4.84 Å². The molecule has 0 aromatic carbocycles. The summed E-state index contributed by atoms with van der Waals surface area (Å²) in [6.45, 7) is -0.648. The molecule has 0 unspecified atom stereocenters. The number of rotatable bonds is 12. The number of halogens is 17. The highest BCUT2D eigenvalue weighted by molar-refractivity contribution is 7.90. The summed E-state index contributed by atoms with van der Waals surface area (Å²) in [5.74, 6) is -51.7. The van der Waals surface area contributed by atoms with Crippen LogP contribution < -0.4 is 0 Å². The van der Waals surface area contributed by atoms with Crippen LogP contribution in [0, 0.1) is 0 Å². The molecule has 0 aromatic heterocycles. The summed E-state index contributed by atoms with van der Waals surface area (Å²) < 4.78 is 247. The van der Waals surface area contributed by atoms with Gasteiger partial charge in [-0.25, -0.2) is 8.42 Å². The zero-order chi connectivity index (χ0) is 28.9. The molecule has 0 aliphatic rings. The van der Waals surface area contributed by atoms with E-state index in [1.807, 2.05) is 0 Å². The van der Waals surface area contributed by atoms with Gasteiger partial charge < -0.3 is 0 Å². The van der Waals surface area contributed by atoms with E-state index in [9.17, 15) is 83.1 Å². The average Bonchev–Trinajstić information content (AvgIpc) is 2.65. The number of hydrogen-bond donors (Lipinski definition) is 0. The van der Waals surface area contributed by atoms with E-state index in [0.717, 1.165) is 13.8 Å². The van der Waals surface area contributed by atoms with Gasteiger partial charge in [-0.05, 0) is 13.3 Å². The van der Waals surface area contributed by atoms with E-state index >= 15 is 0 Å². The van der Waals surface area contributed by atoms with Gasteiger partial charge >= 0.3 is 57.0 Å². The van der Waals surface area contributed by atoms with Crippen molar-refractivity contribution in [1.82, 2.24) is 4.47 Å². The van der Waals surface area contributed by atoms with Crippen LogP contribution in [-0.4, -0.2) is 73.0 Å². The first-order valence-electron chi connectivity index (χ1n) is 8.38. The van der Waals surface area contributed by atoms with Crippen molar-refractivity contribution in [2.24, 2.45) is 0 Å². The maximum absolute atomic E-state index is 14.0. The lowest BCUT2D eigenvalue weighted by atomic mass is 9.91. The van der Waals surface area contributed by atoms with Gasteiger partial charge in [0.05, 0.1) is 6.61 Å². The maximum atomic E-state index is 14.0. The van der Waals surface area contributed by atoms with Crippen molar-refractivity contribution in [2.45, 2.75) is 67.2 Å². The second kappa shape index (κ2) is 9.21. The second-order valence-electron chi connectivity index (χ2n) is 6.41. The molecule has 0 aliphatic heterocycles. The molecule has 22 heteroatoms. The molecule has 0 heterocycles. The van der Waals surface area contributed by atoms with Crippen molar-refractivity contribution in [2.75, 3.05) is 13.2 Å². The second-order valence-corrected chi connectivity index (χ2v) is 8.28. The number of alkyl halides is 17. The third-order valence-electron chi connectivity index (χ3n) is 3.96. The van der Waals surface area contributed by atoms with Crippen molar-refractivity contribution >= 4 is 10.0 Å². The quantitative estimate of drug-likeness (QED) is 0.210. The Balaban J connectivity index is 7.02. The molecule has 0 radical (unpaired) electrons. The fourth-order valence-electron chi connectivity index (χ4n) is 2.02. The van der Waals surface area contributed by atoms with Crippen molar-refractivity contribution in [3.8, 4) is 0 Å². The third kappa shape index (κ3) is 4.50. The molecule has 35 heavy (non-hydrogen) atoms. The molecule has 0 N–H and O–H groups in total. The predicted octanol–water partition coefficient (Wildman–Crippen LogP) is 5.95. The van der Waals surface area contributed by atoms with E-state index in [-0.39, 0.29) is 0 Å². The minimum atomic E-state index is -8.86. The van der Waals surface area contributed by atoms with E-state index < -0.39 is 81.0 Å². The Morgan fingerprint density at radius 2 is 0.886 bits per heavy atom. The largest absolute Gasteiger partial charge is 0.460 e. The molecule has 0 fully saturated rings. The van der Waals surface area contributed by atoms with E-state index in [1.165, 1.54) is 0 Å². The first kappa shape index (κ1) is 33.7. The van der Waals surface area contributed by atoms with Gasteiger partial charge in [0.1, 0.15) is 0 Å². The Morgan fingerprint density at radius 3 is 1.17 bits per heavy atom. The summed E-state index contributed by atoms with van der Waals surface area (Å²) in [5, 5.41) is -7.62. The van der Waals surface area contributed by atoms with Crippen molar-refractivity contribution in [3.05, 3.63) is 0 Å². The van der Waals surface area contributed by atoms with Crippen LogP contribution in [-0.2, 0) is 14.9 Å². The fraction of sp³-hybridized carbons (Fsp3) is 1.00. The molecule has 0 amide bonds. The molecule has 0 spiro atoms. The Morgan fingerprint density at radius 1 is 0.571 bits per heavy atom. The molecule has 0 aromatic rings. The van der Waals surface area contributed by atoms with Crippen LogP contribution in [0.2, 0.25) is 0 Å². The summed E-state index contributed by atoms with van der Waals surface area (Å²) in [6.07, 6.45) is -8.50. The highest BCUT2D eigenvalue weighted by Crippen LogP contribution is 2.64. The minimum absolute atomic E-state index is 0.621. The molecule has 212 valence electrons. The number of hydrogen-bond acceptors (Lipinski definition) is 3. The van der Waals surface area contributed by atoms with Crippen molar-refractivity contribution < 1.29 is 87.9 Å². The lowest BCUT2D eigenvalue weighted by Crippen LogP contribution is -2.75. The van der Waals surface area contributed by atoms with E-state index in [4.69, 9.17) is 0 Å². The Labute approximate surface area is 184 Å². The van der Waals surface area contributed by atoms with E-state index in [1.54, 1.807) is 0 Å². The third-order valence-corrected chi connectivity index (χ3v) is 5.69. The van der Waals surface area contributed by atoms with Crippen LogP contribution in [0.3, 0.4) is 0 Å². The Bertz CT molecular complexity index is 846. The summed E-state index contributed by atoms with van der Waals surface area (Å²) in [5.41, 5.74) is 0. The SMILES string of the molecule is CCCN(OCC)S(=O)(=O)C(F)(F)C(F)(F)C(F)(F)C(F)(F)C(F)(F)C(F)(F)C(F)(F)C(F)(F)F. The molecule has 4 nitrogen and oxygen atoms in total. The van der Waals surface area contributed by atoms with E-state index in [0.29, 0.717) is 0 Å². The van der Waals surface area contributed by atoms with Gasteiger partial charge in [-0.1, -0.05) is 11.4 Å². The standard InChI is InChI=1S/C13H12F17NO3S/c1-3-5-31(34-4-2)35(32,33)13(29,30)11(24,25)9(20,21)7(16,17)6(14,15)8(18,19)10(22,23)12(26,27)28/h3-5H2,1-2H3. The van der Waals surface area contributed by atoms with Gasteiger partial charge in [0.2, 0.25) is 0 Å². The molecule has 0 saturated heterocycles. The van der Waals surface area contributed by atoms with Crippen LogP contribution >= 0.6 is 0 Å². The topological polar surface area (TPSA) is 46.6 Å². The van der Waals surface area contributed by atoms with Crippen LogP contribution in [0.1, 0.15) is 20.3 Å². The fourth-order valence-corrected chi connectivity index (χ4v) is 3.40. The highest BCUT2D eigenvalue weighted by atomic mass is 32.2. The molecule has 0 bridgehead atoms. The molecule has 0 atom stereocenters. The van der Waals surface area contributed by atoms with Gasteiger partial charge in [0.15, 0.2) is 0 Å². The Kier molecular flexibility index (Phi) is 8.86. The highest BCUT2D eigenvalue weighted by Gasteiger charge is 2.96. The summed E-state index contributed by atoms with van der Waals surface area (Å²) in [6, 6.07) is 0. The zero-order valence-corrected chi connectivity index (χ0v) is 17.4. The molecular formula is C13H12F17NO3S. The van der Waals surface area contributed by atoms with Crippen molar-refractivity contribution in [1.29, 1.82) is 0 Å². The smallest absolute Gasteiger partial charge is 0.284 e. The number of hydroxylamine groups is 1. The normalized spacial score (nSPS) is 16.2. The van der Waals surface area contributed by atoms with Gasteiger partial charge in [-0.3, -0.25) is 4.84 Å². The van der Waals surface area contributed by atoms with Crippen LogP contribution in [0.25, 0.3) is 0 Å². The summed E-state index contributed by atoms with van der Waals surface area (Å²) >= 11 is 0. The zero-order valence-electron chi connectivity index (χ0n) is 16.6. The number of sulfonamides is 1. The van der Waals surface area contributed by atoms with Crippen LogP contribution in [0.4, 0.5) is 74.6 Å². The monoisotopic (exact) mass is 585 g/mol. The first-order chi connectivity index (χ1) is 15.0. The van der Waals surface area contributed by atoms with Gasteiger partial charge in [-0.15, -0.1) is 0 Å². The van der Waals surface area contributed by atoms with Crippen molar-refractivity contribution in [3.63, 3.8) is 0 Å². The molecular weight excluding hydrogens is 573 g/mol. The van der Waals surface area contributed by atoms with Gasteiger partial charge in [-0.2, -0.15) is 74.6 Å².